The molecule has 3 heterocycles. The molecule has 332 valence electrons. The minimum absolute atomic E-state index is 0.0669. The predicted molar refractivity (Wildman–Crippen MR) is 231 cm³/mol. The van der Waals surface area contributed by atoms with Crippen molar-refractivity contribution in [3.63, 3.8) is 0 Å². The van der Waals surface area contributed by atoms with Crippen LogP contribution in [0, 0.1) is 5.82 Å². The summed E-state index contributed by atoms with van der Waals surface area (Å²) in [5.41, 5.74) is 2.16. The summed E-state index contributed by atoms with van der Waals surface area (Å²) in [6, 6.07) is 23.5. The first kappa shape index (κ1) is 43.8. The number of halogens is 1. The predicted octanol–water partition coefficient (Wildman–Crippen LogP) is 6.54. The fraction of sp³-hybridized carbons (Fsp3) is 0.327. The number of carbonyl (C=O) groups excluding carboxylic acids is 4. The number of hydrogen-bond donors (Lipinski definition) is 5. The zero-order valence-corrected chi connectivity index (χ0v) is 35.5. The van der Waals surface area contributed by atoms with Crippen LogP contribution in [0.15, 0.2) is 91.0 Å². The molecule has 8 rings (SSSR count). The third kappa shape index (κ3) is 8.86. The van der Waals surface area contributed by atoms with Gasteiger partial charge in [0.05, 0.1) is 32.0 Å². The van der Waals surface area contributed by atoms with Crippen LogP contribution in [-0.2, 0) is 31.0 Å². The van der Waals surface area contributed by atoms with Crippen molar-refractivity contribution in [2.24, 2.45) is 0 Å². The molecule has 14 nitrogen and oxygen atoms in total. The van der Waals surface area contributed by atoms with Crippen molar-refractivity contribution >= 4 is 23.7 Å². The van der Waals surface area contributed by atoms with E-state index in [-0.39, 0.29) is 91.1 Å². The molecule has 2 aliphatic heterocycles. The highest BCUT2D eigenvalue weighted by Crippen LogP contribution is 2.57. The molecule has 5 aromatic rings. The summed E-state index contributed by atoms with van der Waals surface area (Å²) in [5.74, 6) is -1.37. The smallest absolute Gasteiger partial charge is 0.340 e. The van der Waals surface area contributed by atoms with E-state index < -0.39 is 28.9 Å². The number of esters is 1. The lowest BCUT2D eigenvalue weighted by Gasteiger charge is -2.36. The summed E-state index contributed by atoms with van der Waals surface area (Å²) in [6.07, 6.45) is 3.29. The van der Waals surface area contributed by atoms with Crippen molar-refractivity contribution in [2.75, 3.05) is 39.5 Å². The molecule has 0 radical (unpaired) electrons. The summed E-state index contributed by atoms with van der Waals surface area (Å²) >= 11 is 0. The number of phenols is 2. The van der Waals surface area contributed by atoms with Crippen molar-refractivity contribution in [1.82, 2.24) is 20.9 Å². The summed E-state index contributed by atoms with van der Waals surface area (Å²) in [6.45, 7) is 4.93. The molecule has 0 bridgehead atoms. The first-order chi connectivity index (χ1) is 30.9. The largest absolute Gasteiger partial charge is 0.508 e. The minimum atomic E-state index is -1.50. The van der Waals surface area contributed by atoms with Crippen LogP contribution >= 0.6 is 0 Å². The van der Waals surface area contributed by atoms with Crippen molar-refractivity contribution < 1.29 is 52.7 Å². The molecule has 0 unspecified atom stereocenters. The molecule has 15 heteroatoms. The fourth-order valence-corrected chi connectivity index (χ4v) is 8.33. The zero-order chi connectivity index (χ0) is 45.0. The van der Waals surface area contributed by atoms with Crippen molar-refractivity contribution in [2.45, 2.75) is 63.0 Å². The monoisotopic (exact) mass is 872 g/mol. The summed E-state index contributed by atoms with van der Waals surface area (Å²) in [5, 5.41) is 29.0. The van der Waals surface area contributed by atoms with E-state index in [2.05, 4.69) is 16.0 Å². The molecule has 1 aromatic heterocycles. The van der Waals surface area contributed by atoms with Gasteiger partial charge in [-0.15, -0.1) is 0 Å². The van der Waals surface area contributed by atoms with Crippen LogP contribution in [0.25, 0.3) is 0 Å². The van der Waals surface area contributed by atoms with Gasteiger partial charge in [-0.05, 0) is 103 Å². The molecule has 0 saturated heterocycles. The normalized spacial score (nSPS) is 14.5. The Balaban J connectivity index is 0.787. The third-order valence-corrected chi connectivity index (χ3v) is 12.0. The minimum Gasteiger partial charge on any atom is -0.508 e. The Morgan fingerprint density at radius 3 is 2.05 bits per heavy atom. The van der Waals surface area contributed by atoms with E-state index in [0.717, 1.165) is 29.7 Å². The Morgan fingerprint density at radius 2 is 1.42 bits per heavy atom. The Morgan fingerprint density at radius 1 is 0.781 bits per heavy atom. The number of fused-ring (bicyclic) bond motifs is 6. The number of carbonyl (C=O) groups is 4. The van der Waals surface area contributed by atoms with Crippen LogP contribution in [0.2, 0.25) is 0 Å². The molecule has 0 atom stereocenters. The van der Waals surface area contributed by atoms with Crippen LogP contribution in [0.3, 0.4) is 0 Å². The van der Waals surface area contributed by atoms with Gasteiger partial charge >= 0.3 is 5.97 Å². The first-order valence-electron chi connectivity index (χ1n) is 21.5. The highest BCUT2D eigenvalue weighted by atomic mass is 19.1. The van der Waals surface area contributed by atoms with E-state index in [0.29, 0.717) is 41.9 Å². The molecule has 1 spiro atoms. The van der Waals surface area contributed by atoms with E-state index in [1.807, 2.05) is 19.9 Å². The Labute approximate surface area is 369 Å². The average molecular weight is 873 g/mol. The molecule has 3 aliphatic rings. The molecule has 5 N–H and O–H groups in total. The number of pyridine rings is 1. The second-order valence-corrected chi connectivity index (χ2v) is 16.1. The van der Waals surface area contributed by atoms with Crippen molar-refractivity contribution in [3.8, 4) is 23.0 Å². The van der Waals surface area contributed by atoms with Crippen LogP contribution in [0.1, 0.15) is 110 Å². The highest BCUT2D eigenvalue weighted by molar-refractivity contribution is 6.01. The molecule has 1 saturated carbocycles. The van der Waals surface area contributed by atoms with Crippen molar-refractivity contribution in [3.05, 3.63) is 147 Å². The number of aromatic nitrogens is 1. The average Bonchev–Trinajstić information content (AvgIpc) is 4.10. The number of amides is 3. The number of rotatable bonds is 18. The van der Waals surface area contributed by atoms with E-state index in [1.165, 1.54) is 48.5 Å². The number of aromatic hydroxyl groups is 2. The molecule has 64 heavy (non-hydrogen) atoms. The summed E-state index contributed by atoms with van der Waals surface area (Å²) in [7, 11) is 0. The topological polar surface area (TPSA) is 195 Å². The lowest BCUT2D eigenvalue weighted by Crippen LogP contribution is -2.58. The third-order valence-electron chi connectivity index (χ3n) is 12.0. The molecular weight excluding hydrogens is 824 g/mol. The fourth-order valence-electron chi connectivity index (χ4n) is 8.33. The number of hydrogen-bond acceptors (Lipinski definition) is 11. The zero-order valence-electron chi connectivity index (χ0n) is 35.5. The summed E-state index contributed by atoms with van der Waals surface area (Å²) < 4.78 is 36.9. The van der Waals surface area contributed by atoms with Gasteiger partial charge in [0.15, 0.2) is 5.60 Å². The van der Waals surface area contributed by atoms with E-state index >= 15 is 0 Å². The number of ether oxygens (including phenoxy) is 4. The van der Waals surface area contributed by atoms with Gasteiger partial charge < -0.3 is 45.1 Å². The second-order valence-electron chi connectivity index (χ2n) is 16.1. The van der Waals surface area contributed by atoms with E-state index in [9.17, 15) is 33.8 Å². The maximum absolute atomic E-state index is 13.6. The Kier molecular flexibility index (Phi) is 12.6. The van der Waals surface area contributed by atoms with Gasteiger partial charge in [-0.1, -0.05) is 32.0 Å². The van der Waals surface area contributed by atoms with Gasteiger partial charge in [0.1, 0.15) is 40.0 Å². The molecule has 1 fully saturated rings. The molecule has 3 amide bonds. The van der Waals surface area contributed by atoms with Crippen LogP contribution < -0.4 is 20.7 Å². The van der Waals surface area contributed by atoms with Crippen LogP contribution in [0.5, 0.6) is 23.0 Å². The second kappa shape index (κ2) is 18.5. The van der Waals surface area contributed by atoms with Crippen LogP contribution in [0.4, 0.5) is 4.39 Å². The number of nitrogens with one attached hydrogen (secondary N) is 3. The number of benzene rings is 4. The maximum Gasteiger partial charge on any atom is 0.340 e. The first-order valence-corrected chi connectivity index (χ1v) is 21.5. The van der Waals surface area contributed by atoms with Gasteiger partial charge in [0.25, 0.3) is 11.8 Å². The lowest BCUT2D eigenvalue weighted by atomic mass is 9.77. The molecule has 4 aromatic carbocycles. The molecule has 1 aliphatic carbocycles. The van der Waals surface area contributed by atoms with E-state index in [1.54, 1.807) is 36.4 Å². The Bertz CT molecular complexity index is 2540. The van der Waals surface area contributed by atoms with Gasteiger partial charge in [0, 0.05) is 59.6 Å². The van der Waals surface area contributed by atoms with Gasteiger partial charge in [-0.25, -0.2) is 14.2 Å². The number of phenolic OH excluding ortho intramolecular Hbond substituents is 2. The van der Waals surface area contributed by atoms with Gasteiger partial charge in [-0.3, -0.25) is 14.4 Å². The SMILES string of the molecule is CCC(CC)(NC(=O)c1ccc(C2CC2)c(Cc2ccc(F)cc2)n1)C(=O)NCCOCCOCCNC(=O)c1ccc2c(c1)C1(OC2=O)c2ccc(O)cc2Oc2cc(O)ccc21. The highest BCUT2D eigenvalue weighted by Gasteiger charge is 2.54. The lowest BCUT2D eigenvalue weighted by molar-refractivity contribution is -0.128. The maximum atomic E-state index is 13.6. The van der Waals surface area contributed by atoms with Gasteiger partial charge in [0.2, 0.25) is 5.91 Å². The van der Waals surface area contributed by atoms with E-state index in [4.69, 9.17) is 23.9 Å². The van der Waals surface area contributed by atoms with Crippen LogP contribution in [-0.4, -0.2) is 83.9 Å². The standard InChI is InChI=1S/C49H49FN4O10/c1-3-48(4-2,54-45(58)40-18-15-35(30-7-8-30)41(53-40)25-29-5-10-32(50)11-6-29)47(60)52-20-22-62-24-23-61-21-19-51-44(57)31-9-14-36-39(26-31)49(64-46(36)59)37-16-12-33(55)27-42(37)63-43-28-34(56)13-17-38(43)49/h5-6,9-18,26-28,30,55-56H,3-4,7-8,19-25H2,1-2H3,(H,51,57)(H,52,60)(H,54,58). The van der Waals surface area contributed by atoms with Crippen molar-refractivity contribution in [1.29, 1.82) is 0 Å². The number of nitrogens with zero attached hydrogens (tertiary/aromatic N) is 1. The quantitative estimate of drug-likeness (QED) is 0.0474. The molecular formula is C49H49FN4O10. The van der Waals surface area contributed by atoms with Gasteiger partial charge in [-0.2, -0.15) is 0 Å². The Hall–Kier alpha value is -6.84. The summed E-state index contributed by atoms with van der Waals surface area (Å²) in [4.78, 5) is 58.4.